The number of hydrogen-bond donors (Lipinski definition) is 1. The summed E-state index contributed by atoms with van der Waals surface area (Å²) in [6.45, 7) is 0. The van der Waals surface area contributed by atoms with Crippen molar-refractivity contribution in [2.75, 3.05) is 14.2 Å². The minimum Gasteiger partial charge on any atom is -0.504 e. The highest BCUT2D eigenvalue weighted by Gasteiger charge is 2.16. The van der Waals surface area contributed by atoms with Gasteiger partial charge in [-0.3, -0.25) is 4.99 Å². The van der Waals surface area contributed by atoms with E-state index < -0.39 is 7.92 Å². The molecule has 0 spiro atoms. The van der Waals surface area contributed by atoms with Crippen LogP contribution in [-0.4, -0.2) is 25.5 Å². The van der Waals surface area contributed by atoms with Gasteiger partial charge in [0.25, 0.3) is 0 Å². The molecule has 0 aliphatic heterocycles. The number of hydrogen-bond acceptors (Lipinski definition) is 4. The number of rotatable bonds is 7. The maximum atomic E-state index is 10.5. The van der Waals surface area contributed by atoms with Crippen LogP contribution in [0.4, 0.5) is 5.69 Å². The first-order valence-corrected chi connectivity index (χ1v) is 11.5. The lowest BCUT2D eigenvalue weighted by atomic mass is 10.2. The number of aliphatic imine (C=N–C) groups is 1. The molecule has 0 bridgehead atoms. The number of methoxy groups -OCH3 is 2. The molecule has 1 N–H and O–H groups in total. The quantitative estimate of drug-likeness (QED) is 0.327. The highest BCUT2D eigenvalue weighted by atomic mass is 31.1. The van der Waals surface area contributed by atoms with E-state index in [-0.39, 0.29) is 5.75 Å². The van der Waals surface area contributed by atoms with Crippen LogP contribution in [0.3, 0.4) is 0 Å². The van der Waals surface area contributed by atoms with E-state index in [0.29, 0.717) is 17.1 Å². The van der Waals surface area contributed by atoms with E-state index in [4.69, 9.17) is 9.47 Å². The topological polar surface area (TPSA) is 51.0 Å². The minimum atomic E-state index is -0.712. The molecule has 0 amide bonds. The van der Waals surface area contributed by atoms with Crippen LogP contribution in [0.1, 0.15) is 5.56 Å². The lowest BCUT2D eigenvalue weighted by Gasteiger charge is -2.19. The Balaban J connectivity index is 1.72. The number of benzene rings is 4. The highest BCUT2D eigenvalue weighted by molar-refractivity contribution is 7.79. The number of phenolic OH excluding ortho intramolecular Hbond substituents is 1. The Labute approximate surface area is 189 Å². The van der Waals surface area contributed by atoms with Crippen LogP contribution >= 0.6 is 7.92 Å². The van der Waals surface area contributed by atoms with Crippen LogP contribution < -0.4 is 25.4 Å². The van der Waals surface area contributed by atoms with E-state index in [1.165, 1.54) is 23.0 Å². The summed E-state index contributed by atoms with van der Waals surface area (Å²) in [4.78, 5) is 4.63. The van der Waals surface area contributed by atoms with E-state index in [1.54, 1.807) is 25.5 Å². The van der Waals surface area contributed by atoms with Gasteiger partial charge >= 0.3 is 0 Å². The van der Waals surface area contributed by atoms with Crippen LogP contribution in [0.15, 0.2) is 102 Å². The molecule has 4 aromatic carbocycles. The van der Waals surface area contributed by atoms with Gasteiger partial charge in [-0.1, -0.05) is 72.8 Å². The van der Waals surface area contributed by atoms with Crippen molar-refractivity contribution in [1.82, 2.24) is 0 Å². The summed E-state index contributed by atoms with van der Waals surface area (Å²) < 4.78 is 10.5. The predicted octanol–water partition coefficient (Wildman–Crippen LogP) is 4.92. The summed E-state index contributed by atoms with van der Waals surface area (Å²) >= 11 is 0. The molecule has 4 aromatic rings. The molecule has 160 valence electrons. The molecule has 0 aliphatic carbocycles. The molecule has 32 heavy (non-hydrogen) atoms. The lowest BCUT2D eigenvalue weighted by Crippen LogP contribution is -2.20. The van der Waals surface area contributed by atoms with Gasteiger partial charge in [0.15, 0.2) is 11.5 Å². The van der Waals surface area contributed by atoms with Crippen molar-refractivity contribution in [1.29, 1.82) is 0 Å². The Bertz CT molecular complexity index is 1170. The van der Waals surface area contributed by atoms with Gasteiger partial charge in [-0.2, -0.15) is 0 Å². The average Bonchev–Trinajstić information content (AvgIpc) is 2.85. The fraction of sp³-hybridized carbons (Fsp3) is 0.0741. The van der Waals surface area contributed by atoms with Gasteiger partial charge in [-0.25, -0.2) is 0 Å². The summed E-state index contributed by atoms with van der Waals surface area (Å²) in [5.74, 6) is 0.965. The van der Waals surface area contributed by atoms with Crippen molar-refractivity contribution in [3.8, 4) is 17.2 Å². The Hall–Kier alpha value is -3.62. The first-order valence-electron chi connectivity index (χ1n) is 10.2. The molecule has 5 heteroatoms. The van der Waals surface area contributed by atoms with Crippen LogP contribution in [0.25, 0.3) is 0 Å². The third kappa shape index (κ3) is 4.82. The molecule has 0 aliphatic rings. The molecular formula is C27H24NO3P. The Morgan fingerprint density at radius 3 is 1.94 bits per heavy atom. The number of nitrogens with zero attached hydrogens (tertiary/aromatic N) is 1. The van der Waals surface area contributed by atoms with Gasteiger partial charge in [-0.15, -0.1) is 0 Å². The highest BCUT2D eigenvalue weighted by Crippen LogP contribution is 2.35. The second-order valence-corrected chi connectivity index (χ2v) is 9.27. The van der Waals surface area contributed by atoms with Gasteiger partial charge < -0.3 is 14.6 Å². The number of aromatic hydroxyl groups is 1. The van der Waals surface area contributed by atoms with Crippen molar-refractivity contribution >= 4 is 35.7 Å². The SMILES string of the molecule is COc1cc(C=Nc2cccc(P(c3ccccc3)c3ccccc3)c2)c(O)c(OC)c1. The standard InChI is InChI=1S/C27H24NO3P/c1-30-22-16-20(27(29)26(18-22)31-2)19-28-21-10-9-15-25(17-21)32(23-11-5-3-6-12-23)24-13-7-4-8-14-24/h3-19,29H,1-2H3. The molecule has 0 heterocycles. The van der Waals surface area contributed by atoms with E-state index in [2.05, 4.69) is 65.7 Å². The second-order valence-electron chi connectivity index (χ2n) is 7.05. The fourth-order valence-corrected chi connectivity index (χ4v) is 5.76. The molecule has 0 saturated carbocycles. The van der Waals surface area contributed by atoms with E-state index in [1.807, 2.05) is 24.3 Å². The fourth-order valence-electron chi connectivity index (χ4n) is 3.43. The number of phenols is 1. The maximum Gasteiger partial charge on any atom is 0.166 e. The Morgan fingerprint density at radius 2 is 1.34 bits per heavy atom. The first-order chi connectivity index (χ1) is 15.7. The summed E-state index contributed by atoms with van der Waals surface area (Å²) in [5, 5.41) is 14.2. The zero-order chi connectivity index (χ0) is 22.3. The molecular weight excluding hydrogens is 417 g/mol. The zero-order valence-electron chi connectivity index (χ0n) is 18.0. The van der Waals surface area contributed by atoms with Crippen molar-refractivity contribution in [3.63, 3.8) is 0 Å². The largest absolute Gasteiger partial charge is 0.504 e. The van der Waals surface area contributed by atoms with E-state index in [9.17, 15) is 5.11 Å². The molecule has 0 fully saturated rings. The van der Waals surface area contributed by atoms with Crippen molar-refractivity contribution < 1.29 is 14.6 Å². The Kier molecular flexibility index (Phi) is 6.84. The van der Waals surface area contributed by atoms with Gasteiger partial charge in [0, 0.05) is 17.8 Å². The van der Waals surface area contributed by atoms with Gasteiger partial charge in [0.05, 0.1) is 19.9 Å². The summed E-state index contributed by atoms with van der Waals surface area (Å²) in [5.41, 5.74) is 1.34. The maximum absolute atomic E-state index is 10.5. The molecule has 0 unspecified atom stereocenters. The van der Waals surface area contributed by atoms with E-state index in [0.717, 1.165) is 5.69 Å². The summed E-state index contributed by atoms with van der Waals surface area (Å²) in [6, 6.07) is 32.7. The smallest absolute Gasteiger partial charge is 0.166 e. The molecule has 0 radical (unpaired) electrons. The van der Waals surface area contributed by atoms with Crippen LogP contribution in [0.2, 0.25) is 0 Å². The van der Waals surface area contributed by atoms with Crippen LogP contribution in [0.5, 0.6) is 17.2 Å². The normalized spacial score (nSPS) is 11.1. The van der Waals surface area contributed by atoms with Gasteiger partial charge in [0.1, 0.15) is 5.75 Å². The number of ether oxygens (including phenoxy) is 2. The molecule has 0 aromatic heterocycles. The van der Waals surface area contributed by atoms with Gasteiger partial charge in [-0.05, 0) is 42.0 Å². The minimum absolute atomic E-state index is 0.0315. The van der Waals surface area contributed by atoms with Crippen molar-refractivity contribution in [3.05, 3.63) is 103 Å². The zero-order valence-corrected chi connectivity index (χ0v) is 18.9. The summed E-state index contributed by atoms with van der Waals surface area (Å²) in [7, 11) is 2.37. The Morgan fingerprint density at radius 1 is 0.719 bits per heavy atom. The molecule has 0 atom stereocenters. The van der Waals surface area contributed by atoms with Crippen LogP contribution in [0, 0.1) is 0 Å². The second kappa shape index (κ2) is 10.1. The summed E-state index contributed by atoms with van der Waals surface area (Å²) in [6.07, 6.45) is 1.63. The predicted molar refractivity (Wildman–Crippen MR) is 134 cm³/mol. The van der Waals surface area contributed by atoms with Crippen molar-refractivity contribution in [2.45, 2.75) is 0 Å². The van der Waals surface area contributed by atoms with Crippen LogP contribution in [-0.2, 0) is 0 Å². The molecule has 4 rings (SSSR count). The molecule has 4 nitrogen and oxygen atoms in total. The van der Waals surface area contributed by atoms with Crippen molar-refractivity contribution in [2.24, 2.45) is 4.99 Å². The lowest BCUT2D eigenvalue weighted by molar-refractivity contribution is 0.364. The monoisotopic (exact) mass is 441 g/mol. The third-order valence-corrected chi connectivity index (χ3v) is 7.43. The first kappa shape index (κ1) is 21.6. The molecule has 0 saturated heterocycles. The van der Waals surface area contributed by atoms with E-state index >= 15 is 0 Å². The van der Waals surface area contributed by atoms with Gasteiger partial charge in [0.2, 0.25) is 0 Å². The third-order valence-electron chi connectivity index (χ3n) is 5.00. The average molecular weight is 441 g/mol.